The SMILES string of the molecule is CC(=O)Nc1ccc(S(=O)(=O)N2CCN(c3nc(C)cc(Nc4ccccc4)n3)CC2)cc1. The van der Waals surface area contributed by atoms with E-state index in [1.807, 2.05) is 48.2 Å². The van der Waals surface area contributed by atoms with Gasteiger partial charge in [-0.05, 0) is 43.3 Å². The van der Waals surface area contributed by atoms with E-state index in [1.165, 1.54) is 23.4 Å². The Bertz CT molecular complexity index is 1220. The van der Waals surface area contributed by atoms with E-state index in [0.29, 0.717) is 43.6 Å². The average Bonchev–Trinajstić information content (AvgIpc) is 2.79. The lowest BCUT2D eigenvalue weighted by molar-refractivity contribution is -0.114. The Labute approximate surface area is 193 Å². The zero-order chi connectivity index (χ0) is 23.4. The first kappa shape index (κ1) is 22.7. The summed E-state index contributed by atoms with van der Waals surface area (Å²) in [4.78, 5) is 22.5. The van der Waals surface area contributed by atoms with Crippen LogP contribution in [-0.4, -0.2) is 54.8 Å². The third-order valence-corrected chi connectivity index (χ3v) is 7.14. The molecule has 33 heavy (non-hydrogen) atoms. The fourth-order valence-electron chi connectivity index (χ4n) is 3.62. The highest BCUT2D eigenvalue weighted by Gasteiger charge is 2.29. The van der Waals surface area contributed by atoms with Crippen LogP contribution in [0, 0.1) is 6.92 Å². The minimum absolute atomic E-state index is 0.200. The number of aryl methyl sites for hydroxylation is 1. The van der Waals surface area contributed by atoms with Crippen LogP contribution in [0.5, 0.6) is 0 Å². The summed E-state index contributed by atoms with van der Waals surface area (Å²) in [6.07, 6.45) is 0. The summed E-state index contributed by atoms with van der Waals surface area (Å²) in [7, 11) is -3.63. The number of carbonyl (C=O) groups excluding carboxylic acids is 1. The van der Waals surface area contributed by atoms with Crippen LogP contribution in [0.4, 0.5) is 23.1 Å². The molecule has 4 rings (SSSR count). The number of hydrogen-bond acceptors (Lipinski definition) is 7. The number of hydrogen-bond donors (Lipinski definition) is 2. The van der Waals surface area contributed by atoms with Crippen LogP contribution in [0.3, 0.4) is 0 Å². The number of rotatable bonds is 6. The zero-order valence-electron chi connectivity index (χ0n) is 18.5. The molecule has 1 aromatic heterocycles. The number of sulfonamides is 1. The molecule has 0 bridgehead atoms. The molecule has 1 saturated heterocycles. The summed E-state index contributed by atoms with van der Waals surface area (Å²) < 4.78 is 27.6. The average molecular weight is 467 g/mol. The Hall–Kier alpha value is -3.50. The predicted octanol–water partition coefficient (Wildman–Crippen LogP) is 3.00. The molecule has 1 amide bonds. The fraction of sp³-hybridized carbons (Fsp3) is 0.261. The number of aromatic nitrogens is 2. The summed E-state index contributed by atoms with van der Waals surface area (Å²) in [5.41, 5.74) is 2.32. The van der Waals surface area contributed by atoms with Crippen LogP contribution in [0.2, 0.25) is 0 Å². The quantitative estimate of drug-likeness (QED) is 0.575. The number of nitrogens with one attached hydrogen (secondary N) is 2. The van der Waals surface area contributed by atoms with E-state index in [-0.39, 0.29) is 10.8 Å². The van der Waals surface area contributed by atoms with Crippen molar-refractivity contribution >= 4 is 39.1 Å². The lowest BCUT2D eigenvalue weighted by Crippen LogP contribution is -2.49. The standard InChI is InChI=1S/C23H26N6O3S/c1-17-16-22(26-19-6-4-3-5-7-19)27-23(24-17)28-12-14-29(15-13-28)33(31,32)21-10-8-20(9-11-21)25-18(2)30/h3-11,16H,12-15H2,1-2H3,(H,25,30)(H,24,26,27). The summed E-state index contributed by atoms with van der Waals surface area (Å²) in [5, 5.41) is 5.92. The Morgan fingerprint density at radius 3 is 2.21 bits per heavy atom. The monoisotopic (exact) mass is 466 g/mol. The van der Waals surface area contributed by atoms with Gasteiger partial charge in [0.25, 0.3) is 0 Å². The van der Waals surface area contributed by atoms with E-state index in [4.69, 9.17) is 0 Å². The number of para-hydroxylation sites is 1. The topological polar surface area (TPSA) is 108 Å². The summed E-state index contributed by atoms with van der Waals surface area (Å²) in [6, 6.07) is 17.9. The number of amides is 1. The van der Waals surface area contributed by atoms with Gasteiger partial charge in [0.05, 0.1) is 4.90 Å². The van der Waals surface area contributed by atoms with Crippen molar-refractivity contribution in [3.05, 3.63) is 66.4 Å². The Morgan fingerprint density at radius 2 is 1.58 bits per heavy atom. The molecule has 10 heteroatoms. The molecule has 0 radical (unpaired) electrons. The molecule has 0 atom stereocenters. The summed E-state index contributed by atoms with van der Waals surface area (Å²) in [6.45, 7) is 4.94. The zero-order valence-corrected chi connectivity index (χ0v) is 19.3. The third kappa shape index (κ3) is 5.47. The second kappa shape index (κ2) is 9.55. The number of piperazine rings is 1. The van der Waals surface area contributed by atoms with Crippen LogP contribution < -0.4 is 15.5 Å². The highest BCUT2D eigenvalue weighted by molar-refractivity contribution is 7.89. The van der Waals surface area contributed by atoms with Crippen molar-refractivity contribution in [3.63, 3.8) is 0 Å². The van der Waals surface area contributed by atoms with E-state index >= 15 is 0 Å². The summed E-state index contributed by atoms with van der Waals surface area (Å²) in [5.74, 6) is 1.06. The normalized spacial score (nSPS) is 14.7. The maximum absolute atomic E-state index is 13.1. The molecular formula is C23H26N6O3S. The van der Waals surface area contributed by atoms with Gasteiger partial charge in [0, 0.05) is 56.2 Å². The molecule has 2 N–H and O–H groups in total. The van der Waals surface area contributed by atoms with Gasteiger partial charge < -0.3 is 15.5 Å². The molecule has 0 spiro atoms. The van der Waals surface area contributed by atoms with Gasteiger partial charge in [-0.15, -0.1) is 0 Å². The first-order valence-electron chi connectivity index (χ1n) is 10.6. The molecule has 3 aromatic rings. The van der Waals surface area contributed by atoms with E-state index in [1.54, 1.807) is 12.1 Å². The van der Waals surface area contributed by atoms with E-state index < -0.39 is 10.0 Å². The van der Waals surface area contributed by atoms with Crippen molar-refractivity contribution in [1.29, 1.82) is 0 Å². The molecular weight excluding hydrogens is 440 g/mol. The van der Waals surface area contributed by atoms with Crippen LogP contribution >= 0.6 is 0 Å². The Morgan fingerprint density at radius 1 is 0.909 bits per heavy atom. The van der Waals surface area contributed by atoms with Crippen LogP contribution in [0.15, 0.2) is 65.6 Å². The van der Waals surface area contributed by atoms with Crippen molar-refractivity contribution in [3.8, 4) is 0 Å². The molecule has 0 unspecified atom stereocenters. The molecule has 172 valence electrons. The molecule has 0 aliphatic carbocycles. The van der Waals surface area contributed by atoms with Crippen molar-refractivity contribution in [2.45, 2.75) is 18.7 Å². The van der Waals surface area contributed by atoms with Gasteiger partial charge in [0.2, 0.25) is 21.9 Å². The lowest BCUT2D eigenvalue weighted by atomic mass is 10.3. The molecule has 1 aliphatic rings. The third-order valence-electron chi connectivity index (χ3n) is 5.22. The molecule has 9 nitrogen and oxygen atoms in total. The molecule has 2 aromatic carbocycles. The second-order valence-electron chi connectivity index (χ2n) is 7.78. The highest BCUT2D eigenvalue weighted by Crippen LogP contribution is 2.23. The molecule has 2 heterocycles. The van der Waals surface area contributed by atoms with Gasteiger partial charge in [0.1, 0.15) is 5.82 Å². The van der Waals surface area contributed by atoms with Gasteiger partial charge in [-0.2, -0.15) is 9.29 Å². The van der Waals surface area contributed by atoms with E-state index in [0.717, 1.165) is 11.4 Å². The maximum atomic E-state index is 13.1. The fourth-order valence-corrected chi connectivity index (χ4v) is 5.04. The van der Waals surface area contributed by atoms with Crippen molar-refractivity contribution in [1.82, 2.24) is 14.3 Å². The number of benzene rings is 2. The Kier molecular flexibility index (Phi) is 6.57. The van der Waals surface area contributed by atoms with Crippen LogP contribution in [-0.2, 0) is 14.8 Å². The van der Waals surface area contributed by atoms with Crippen molar-refractivity contribution in [2.75, 3.05) is 41.7 Å². The van der Waals surface area contributed by atoms with Crippen LogP contribution in [0.25, 0.3) is 0 Å². The lowest BCUT2D eigenvalue weighted by Gasteiger charge is -2.34. The first-order chi connectivity index (χ1) is 15.8. The molecule has 1 aliphatic heterocycles. The van der Waals surface area contributed by atoms with Gasteiger partial charge >= 0.3 is 0 Å². The number of carbonyl (C=O) groups is 1. The van der Waals surface area contributed by atoms with Crippen molar-refractivity contribution in [2.24, 2.45) is 0 Å². The van der Waals surface area contributed by atoms with Crippen LogP contribution in [0.1, 0.15) is 12.6 Å². The van der Waals surface area contributed by atoms with E-state index in [2.05, 4.69) is 20.6 Å². The smallest absolute Gasteiger partial charge is 0.243 e. The van der Waals surface area contributed by atoms with Gasteiger partial charge in [-0.1, -0.05) is 18.2 Å². The van der Waals surface area contributed by atoms with Gasteiger partial charge in [-0.3, -0.25) is 4.79 Å². The summed E-state index contributed by atoms with van der Waals surface area (Å²) >= 11 is 0. The maximum Gasteiger partial charge on any atom is 0.243 e. The van der Waals surface area contributed by atoms with Gasteiger partial charge in [-0.25, -0.2) is 13.4 Å². The largest absolute Gasteiger partial charge is 0.340 e. The minimum atomic E-state index is -3.63. The van der Waals surface area contributed by atoms with E-state index in [9.17, 15) is 13.2 Å². The Balaban J connectivity index is 1.43. The minimum Gasteiger partial charge on any atom is -0.340 e. The van der Waals surface area contributed by atoms with Gasteiger partial charge in [0.15, 0.2) is 0 Å². The van der Waals surface area contributed by atoms with Crippen molar-refractivity contribution < 1.29 is 13.2 Å². The first-order valence-corrected chi connectivity index (χ1v) is 12.1. The molecule has 0 saturated carbocycles. The number of anilines is 4. The predicted molar refractivity (Wildman–Crippen MR) is 128 cm³/mol. The number of nitrogens with zero attached hydrogens (tertiary/aromatic N) is 4. The highest BCUT2D eigenvalue weighted by atomic mass is 32.2. The molecule has 1 fully saturated rings. The second-order valence-corrected chi connectivity index (χ2v) is 9.72.